The third kappa shape index (κ3) is 5.56. The summed E-state index contributed by atoms with van der Waals surface area (Å²) in [5, 5.41) is 7.30. The van der Waals surface area contributed by atoms with E-state index in [1.165, 1.54) is 10.9 Å². The first-order chi connectivity index (χ1) is 16.6. The summed E-state index contributed by atoms with van der Waals surface area (Å²) in [4.78, 5) is 20.9. The molecular formula is C27H28N4O3. The molecular weight excluding hydrogens is 428 g/mol. The van der Waals surface area contributed by atoms with Gasteiger partial charge < -0.3 is 19.8 Å². The molecule has 4 aromatic rings. The number of methoxy groups -OCH3 is 2. The number of hydrogen-bond acceptors (Lipinski definition) is 4. The number of anilines is 1. The predicted octanol–water partition coefficient (Wildman–Crippen LogP) is 4.93. The molecule has 0 radical (unpaired) electrons. The van der Waals surface area contributed by atoms with E-state index in [4.69, 9.17) is 9.47 Å². The first-order valence-electron chi connectivity index (χ1n) is 11.0. The van der Waals surface area contributed by atoms with Gasteiger partial charge in [-0.1, -0.05) is 35.9 Å². The van der Waals surface area contributed by atoms with Crippen LogP contribution in [0.1, 0.15) is 21.5 Å². The van der Waals surface area contributed by atoms with Crippen molar-refractivity contribution in [3.63, 3.8) is 0 Å². The second-order valence-electron chi connectivity index (χ2n) is 7.89. The fourth-order valence-corrected chi connectivity index (χ4v) is 3.72. The molecule has 0 unspecified atom stereocenters. The second-order valence-corrected chi connectivity index (χ2v) is 7.89. The summed E-state index contributed by atoms with van der Waals surface area (Å²) in [5.41, 5.74) is 4.53. The summed E-state index contributed by atoms with van der Waals surface area (Å²) in [7, 11) is 3.18. The van der Waals surface area contributed by atoms with Crippen LogP contribution in [0.25, 0.3) is 10.9 Å². The third-order valence-electron chi connectivity index (χ3n) is 5.45. The van der Waals surface area contributed by atoms with E-state index >= 15 is 0 Å². The van der Waals surface area contributed by atoms with Crippen molar-refractivity contribution in [3.05, 3.63) is 89.6 Å². The van der Waals surface area contributed by atoms with Gasteiger partial charge in [0.1, 0.15) is 11.5 Å². The molecule has 0 aliphatic rings. The van der Waals surface area contributed by atoms with Gasteiger partial charge in [0.05, 0.1) is 14.2 Å². The van der Waals surface area contributed by atoms with Crippen molar-refractivity contribution in [1.29, 1.82) is 0 Å². The van der Waals surface area contributed by atoms with Gasteiger partial charge in [0.2, 0.25) is 5.96 Å². The molecule has 0 aliphatic carbocycles. The topological polar surface area (TPSA) is 87.7 Å². The van der Waals surface area contributed by atoms with E-state index in [2.05, 4.69) is 26.7 Å². The SMILES string of the molecule is COc1cc(NC(=NCCc2c[nH]c3ccccc23)NC(=O)c2cccc(C)c2)cc(OC)c1. The Morgan fingerprint density at radius 3 is 2.47 bits per heavy atom. The minimum atomic E-state index is -0.239. The molecule has 0 atom stereocenters. The Morgan fingerprint density at radius 1 is 0.971 bits per heavy atom. The number of H-pyrrole nitrogens is 1. The Morgan fingerprint density at radius 2 is 1.74 bits per heavy atom. The van der Waals surface area contributed by atoms with Gasteiger partial charge in [0.15, 0.2) is 0 Å². The normalized spacial score (nSPS) is 11.3. The number of hydrogen-bond donors (Lipinski definition) is 3. The lowest BCUT2D eigenvalue weighted by molar-refractivity contribution is 0.0977. The van der Waals surface area contributed by atoms with Crippen molar-refractivity contribution < 1.29 is 14.3 Å². The highest BCUT2D eigenvalue weighted by Gasteiger charge is 2.11. The molecule has 3 N–H and O–H groups in total. The number of carbonyl (C=O) groups excluding carboxylic acids is 1. The number of guanidine groups is 1. The number of aliphatic imine (C=N–C) groups is 1. The number of amides is 1. The van der Waals surface area contributed by atoms with E-state index in [1.54, 1.807) is 26.4 Å². The van der Waals surface area contributed by atoms with Gasteiger partial charge >= 0.3 is 0 Å². The number of aromatic amines is 1. The number of rotatable bonds is 7. The lowest BCUT2D eigenvalue weighted by Gasteiger charge is -2.14. The van der Waals surface area contributed by atoms with E-state index in [9.17, 15) is 4.79 Å². The molecule has 7 nitrogen and oxygen atoms in total. The van der Waals surface area contributed by atoms with Gasteiger partial charge in [-0.25, -0.2) is 0 Å². The van der Waals surface area contributed by atoms with Crippen LogP contribution in [-0.4, -0.2) is 37.6 Å². The highest BCUT2D eigenvalue weighted by Crippen LogP contribution is 2.25. The summed E-state index contributed by atoms with van der Waals surface area (Å²) < 4.78 is 10.7. The fourth-order valence-electron chi connectivity index (χ4n) is 3.72. The zero-order valence-corrected chi connectivity index (χ0v) is 19.5. The summed E-state index contributed by atoms with van der Waals surface area (Å²) >= 11 is 0. The number of aromatic nitrogens is 1. The molecule has 1 aromatic heterocycles. The van der Waals surface area contributed by atoms with Crippen LogP contribution in [0.3, 0.4) is 0 Å². The number of carbonyl (C=O) groups is 1. The average molecular weight is 457 g/mol. The van der Waals surface area contributed by atoms with Crippen molar-refractivity contribution in [2.45, 2.75) is 13.3 Å². The maximum atomic E-state index is 12.9. The highest BCUT2D eigenvalue weighted by molar-refractivity contribution is 6.10. The molecule has 0 saturated heterocycles. The first-order valence-corrected chi connectivity index (χ1v) is 11.0. The summed E-state index contributed by atoms with van der Waals surface area (Å²) in [6, 6.07) is 21.0. The third-order valence-corrected chi connectivity index (χ3v) is 5.45. The molecule has 3 aromatic carbocycles. The summed E-state index contributed by atoms with van der Waals surface area (Å²) in [6.07, 6.45) is 2.72. The lowest BCUT2D eigenvalue weighted by Crippen LogP contribution is -2.36. The zero-order chi connectivity index (χ0) is 23.9. The van der Waals surface area contributed by atoms with Crippen LogP contribution in [0.4, 0.5) is 5.69 Å². The van der Waals surface area contributed by atoms with Crippen molar-refractivity contribution in [1.82, 2.24) is 10.3 Å². The molecule has 7 heteroatoms. The van der Waals surface area contributed by atoms with Crippen LogP contribution in [0.5, 0.6) is 11.5 Å². The molecule has 0 bridgehead atoms. The number of benzene rings is 3. The van der Waals surface area contributed by atoms with Gasteiger partial charge in [-0.15, -0.1) is 0 Å². The van der Waals surface area contributed by atoms with Crippen molar-refractivity contribution in [2.24, 2.45) is 4.99 Å². The van der Waals surface area contributed by atoms with Gasteiger partial charge in [0.25, 0.3) is 5.91 Å². The van der Waals surface area contributed by atoms with Gasteiger partial charge in [-0.2, -0.15) is 0 Å². The summed E-state index contributed by atoms with van der Waals surface area (Å²) in [6.45, 7) is 2.44. The maximum Gasteiger partial charge on any atom is 0.257 e. The quantitative estimate of drug-likeness (QED) is 0.272. The van der Waals surface area contributed by atoms with Crippen LogP contribution in [0, 0.1) is 6.92 Å². The fraction of sp³-hybridized carbons (Fsp3) is 0.185. The van der Waals surface area contributed by atoms with E-state index < -0.39 is 0 Å². The van der Waals surface area contributed by atoms with Crippen molar-refractivity contribution >= 4 is 28.5 Å². The molecule has 0 aliphatic heterocycles. The Labute approximate surface area is 198 Å². The standard InChI is InChI=1S/C27H28N4O3/c1-18-7-6-8-19(13-18)26(32)31-27(30-21-14-22(33-2)16-23(15-21)34-3)28-12-11-20-17-29-25-10-5-4-9-24(20)25/h4-10,13-17,29H,11-12H2,1-3H3,(H2,28,30,31,32). The minimum Gasteiger partial charge on any atom is -0.497 e. The Kier molecular flexibility index (Phi) is 7.13. The van der Waals surface area contributed by atoms with Gasteiger partial charge in [-0.3, -0.25) is 15.1 Å². The monoisotopic (exact) mass is 456 g/mol. The number of para-hydroxylation sites is 1. The first kappa shape index (κ1) is 22.9. The van der Waals surface area contributed by atoms with Gasteiger partial charge in [-0.05, 0) is 37.1 Å². The van der Waals surface area contributed by atoms with Crippen LogP contribution in [0.15, 0.2) is 77.9 Å². The summed E-state index contributed by atoms with van der Waals surface area (Å²) in [5.74, 6) is 1.37. The lowest BCUT2D eigenvalue weighted by atomic mass is 10.1. The Bertz CT molecular complexity index is 1300. The Balaban J connectivity index is 1.57. The average Bonchev–Trinajstić information content (AvgIpc) is 3.26. The number of aryl methyl sites for hydroxylation is 1. The molecule has 0 saturated carbocycles. The molecule has 174 valence electrons. The molecule has 4 rings (SSSR count). The van der Waals surface area contributed by atoms with E-state index in [0.717, 1.165) is 17.5 Å². The molecule has 1 amide bonds. The molecule has 1 heterocycles. The van der Waals surface area contributed by atoms with Gasteiger partial charge in [0, 0.05) is 53.1 Å². The minimum absolute atomic E-state index is 0.239. The van der Waals surface area contributed by atoms with E-state index in [1.807, 2.05) is 61.7 Å². The van der Waals surface area contributed by atoms with E-state index in [0.29, 0.717) is 35.3 Å². The van der Waals surface area contributed by atoms with E-state index in [-0.39, 0.29) is 5.91 Å². The predicted molar refractivity (Wildman–Crippen MR) is 136 cm³/mol. The second kappa shape index (κ2) is 10.6. The number of fused-ring (bicyclic) bond motifs is 1. The maximum absolute atomic E-state index is 12.9. The smallest absolute Gasteiger partial charge is 0.257 e. The van der Waals surface area contributed by atoms with Crippen LogP contribution >= 0.6 is 0 Å². The Hall–Kier alpha value is -4.26. The zero-order valence-electron chi connectivity index (χ0n) is 19.5. The molecule has 0 spiro atoms. The van der Waals surface area contributed by atoms with Crippen molar-refractivity contribution in [2.75, 3.05) is 26.1 Å². The number of nitrogens with zero attached hydrogens (tertiary/aromatic N) is 1. The number of ether oxygens (including phenoxy) is 2. The largest absolute Gasteiger partial charge is 0.497 e. The molecule has 34 heavy (non-hydrogen) atoms. The van der Waals surface area contributed by atoms with Crippen LogP contribution in [-0.2, 0) is 6.42 Å². The number of nitrogens with one attached hydrogen (secondary N) is 3. The van der Waals surface area contributed by atoms with Crippen LogP contribution < -0.4 is 20.1 Å². The molecule has 0 fully saturated rings. The van der Waals surface area contributed by atoms with Crippen LogP contribution in [0.2, 0.25) is 0 Å². The highest BCUT2D eigenvalue weighted by atomic mass is 16.5. The van der Waals surface area contributed by atoms with Crippen molar-refractivity contribution in [3.8, 4) is 11.5 Å².